The minimum absolute atomic E-state index is 0.0940. The van der Waals surface area contributed by atoms with Crippen LogP contribution in [0.15, 0.2) is 47.1 Å². The number of hydrogen-bond acceptors (Lipinski definition) is 7. The van der Waals surface area contributed by atoms with Crippen molar-refractivity contribution in [2.24, 2.45) is 0 Å². The summed E-state index contributed by atoms with van der Waals surface area (Å²) in [6, 6.07) is 6.30. The van der Waals surface area contributed by atoms with Crippen molar-refractivity contribution in [1.29, 1.82) is 0 Å². The number of amides is 2. The fourth-order valence-corrected chi connectivity index (χ4v) is 4.13. The van der Waals surface area contributed by atoms with Crippen LogP contribution < -0.4 is 10.1 Å². The highest BCUT2D eigenvalue weighted by molar-refractivity contribution is 5.90. The first-order valence-corrected chi connectivity index (χ1v) is 11.9. The summed E-state index contributed by atoms with van der Waals surface area (Å²) in [5.41, 5.74) is 0.402. The molecule has 0 saturated carbocycles. The van der Waals surface area contributed by atoms with E-state index in [4.69, 9.17) is 9.15 Å². The topological polar surface area (TPSA) is 112 Å². The van der Waals surface area contributed by atoms with Gasteiger partial charge in [-0.1, -0.05) is 12.1 Å². The van der Waals surface area contributed by atoms with E-state index in [1.54, 1.807) is 30.4 Å². The number of benzene rings is 1. The van der Waals surface area contributed by atoms with Crippen LogP contribution in [0, 0.1) is 6.92 Å². The third-order valence-corrected chi connectivity index (χ3v) is 5.60. The molecular formula is C25H28F3N5O5. The molecular weight excluding hydrogens is 507 g/mol. The summed E-state index contributed by atoms with van der Waals surface area (Å²) in [7, 11) is 0. The highest BCUT2D eigenvalue weighted by Crippen LogP contribution is 2.29. The number of halogens is 3. The molecule has 10 nitrogen and oxygen atoms in total. The van der Waals surface area contributed by atoms with E-state index in [1.165, 1.54) is 18.3 Å². The molecule has 1 aliphatic heterocycles. The zero-order valence-corrected chi connectivity index (χ0v) is 21.3. The first-order chi connectivity index (χ1) is 17.8. The van der Waals surface area contributed by atoms with Crippen LogP contribution >= 0.6 is 0 Å². The minimum Gasteiger partial charge on any atom is -0.444 e. The van der Waals surface area contributed by atoms with Crippen molar-refractivity contribution >= 4 is 12.0 Å². The number of aryl methyl sites for hydroxylation is 1. The molecule has 13 heteroatoms. The standard InChI is InChI=1S/C25H28F3N5O5/c1-15-8-9-32(31-15)14-18-11-17(13-33(18)23(35)38-24(2,3)4)30-21(34)22-29-12-20(36-22)16-6-5-7-19(10-16)37-25(26,27)28/h5-10,12,17-18H,11,13-14H2,1-4H3,(H,30,34)/t17-,18+/m1/s1. The number of nitrogens with one attached hydrogen (secondary N) is 1. The van der Waals surface area contributed by atoms with E-state index in [0.29, 0.717) is 13.0 Å². The number of aromatic nitrogens is 3. The molecule has 0 radical (unpaired) electrons. The number of alkyl halides is 3. The minimum atomic E-state index is -4.84. The van der Waals surface area contributed by atoms with Gasteiger partial charge in [0.1, 0.15) is 11.4 Å². The number of hydrogen-bond donors (Lipinski definition) is 1. The van der Waals surface area contributed by atoms with Crippen molar-refractivity contribution in [2.75, 3.05) is 6.54 Å². The summed E-state index contributed by atoms with van der Waals surface area (Å²) < 4.78 is 54.4. The molecule has 3 heterocycles. The van der Waals surface area contributed by atoms with E-state index in [1.807, 2.05) is 19.2 Å². The molecule has 1 fully saturated rings. The maximum Gasteiger partial charge on any atom is 0.573 e. The van der Waals surface area contributed by atoms with Crippen molar-refractivity contribution in [3.63, 3.8) is 0 Å². The molecule has 3 aromatic rings. The fraction of sp³-hybridized carbons (Fsp3) is 0.440. The van der Waals surface area contributed by atoms with E-state index in [-0.39, 0.29) is 29.8 Å². The van der Waals surface area contributed by atoms with Crippen LogP contribution in [0.3, 0.4) is 0 Å². The molecule has 0 bridgehead atoms. The van der Waals surface area contributed by atoms with Gasteiger partial charge in [-0.25, -0.2) is 9.78 Å². The monoisotopic (exact) mass is 535 g/mol. The Labute approximate surface area is 216 Å². The quantitative estimate of drug-likeness (QED) is 0.493. The van der Waals surface area contributed by atoms with Gasteiger partial charge in [0, 0.05) is 24.3 Å². The predicted molar refractivity (Wildman–Crippen MR) is 128 cm³/mol. The molecule has 2 amide bonds. The Morgan fingerprint density at radius 1 is 1.21 bits per heavy atom. The number of carbonyl (C=O) groups is 2. The molecule has 204 valence electrons. The van der Waals surface area contributed by atoms with Gasteiger partial charge in [0.25, 0.3) is 5.89 Å². The zero-order valence-electron chi connectivity index (χ0n) is 21.3. The van der Waals surface area contributed by atoms with E-state index in [2.05, 4.69) is 20.1 Å². The third kappa shape index (κ3) is 7.05. The zero-order chi connectivity index (χ0) is 27.7. The van der Waals surface area contributed by atoms with E-state index in [9.17, 15) is 22.8 Å². The van der Waals surface area contributed by atoms with Crippen molar-refractivity contribution in [2.45, 2.75) is 64.7 Å². The van der Waals surface area contributed by atoms with Crippen molar-refractivity contribution < 1.29 is 36.7 Å². The van der Waals surface area contributed by atoms with Crippen LogP contribution in [0.2, 0.25) is 0 Å². The summed E-state index contributed by atoms with van der Waals surface area (Å²) in [6.45, 7) is 7.81. The second-order valence-electron chi connectivity index (χ2n) is 9.98. The Hall–Kier alpha value is -4.03. The van der Waals surface area contributed by atoms with Crippen molar-refractivity contribution in [3.05, 3.63) is 54.3 Å². The van der Waals surface area contributed by atoms with Crippen LogP contribution in [-0.2, 0) is 11.3 Å². The van der Waals surface area contributed by atoms with Crippen LogP contribution in [0.5, 0.6) is 5.75 Å². The average molecular weight is 536 g/mol. The number of carbonyl (C=O) groups excluding carboxylic acids is 2. The molecule has 0 aliphatic carbocycles. The highest BCUT2D eigenvalue weighted by atomic mass is 19.4. The van der Waals surface area contributed by atoms with Crippen molar-refractivity contribution in [3.8, 4) is 17.1 Å². The summed E-state index contributed by atoms with van der Waals surface area (Å²) in [5, 5.41) is 7.21. The molecule has 1 aliphatic rings. The van der Waals surface area contributed by atoms with Gasteiger partial charge >= 0.3 is 18.4 Å². The number of nitrogens with zero attached hydrogens (tertiary/aromatic N) is 4. The fourth-order valence-electron chi connectivity index (χ4n) is 4.13. The first kappa shape index (κ1) is 27.0. The van der Waals surface area contributed by atoms with Crippen LogP contribution in [0.1, 0.15) is 43.6 Å². The molecule has 0 spiro atoms. The summed E-state index contributed by atoms with van der Waals surface area (Å²) in [4.78, 5) is 31.3. The second-order valence-corrected chi connectivity index (χ2v) is 9.98. The smallest absolute Gasteiger partial charge is 0.444 e. The normalized spacial score (nSPS) is 17.9. The second kappa shape index (κ2) is 10.4. The molecule has 1 aromatic carbocycles. The average Bonchev–Trinajstić information content (AvgIpc) is 3.52. The van der Waals surface area contributed by atoms with Gasteiger partial charge in [-0.2, -0.15) is 5.10 Å². The SMILES string of the molecule is Cc1ccn(C[C@@H]2C[C@@H](NC(=O)c3ncc(-c4cccc(OC(F)(F)F)c4)o3)CN2C(=O)OC(C)(C)C)n1. The van der Waals surface area contributed by atoms with Crippen LogP contribution in [0.4, 0.5) is 18.0 Å². The van der Waals surface area contributed by atoms with Gasteiger partial charge in [-0.15, -0.1) is 13.2 Å². The maximum absolute atomic E-state index is 12.9. The van der Waals surface area contributed by atoms with Crippen LogP contribution in [-0.4, -0.2) is 62.3 Å². The van der Waals surface area contributed by atoms with Gasteiger partial charge in [-0.3, -0.25) is 9.48 Å². The lowest BCUT2D eigenvalue weighted by molar-refractivity contribution is -0.274. The Morgan fingerprint density at radius 3 is 2.63 bits per heavy atom. The van der Waals surface area contributed by atoms with Gasteiger partial charge in [0.15, 0.2) is 5.76 Å². The molecule has 4 rings (SSSR count). The van der Waals surface area contributed by atoms with Gasteiger partial charge in [0.2, 0.25) is 0 Å². The Kier molecular flexibility index (Phi) is 7.38. The van der Waals surface area contributed by atoms with Crippen molar-refractivity contribution in [1.82, 2.24) is 25.0 Å². The van der Waals surface area contributed by atoms with E-state index in [0.717, 1.165) is 17.8 Å². The van der Waals surface area contributed by atoms with Gasteiger partial charge < -0.3 is 24.1 Å². The largest absolute Gasteiger partial charge is 0.573 e. The third-order valence-electron chi connectivity index (χ3n) is 5.60. The molecule has 2 aromatic heterocycles. The number of rotatable bonds is 6. The van der Waals surface area contributed by atoms with E-state index >= 15 is 0 Å². The molecule has 0 unspecified atom stereocenters. The summed E-state index contributed by atoms with van der Waals surface area (Å²) in [5.74, 6) is -1.22. The number of oxazole rings is 1. The predicted octanol–water partition coefficient (Wildman–Crippen LogP) is 4.55. The van der Waals surface area contributed by atoms with Crippen LogP contribution in [0.25, 0.3) is 11.3 Å². The number of likely N-dealkylation sites (tertiary alicyclic amines) is 1. The molecule has 38 heavy (non-hydrogen) atoms. The molecule has 2 atom stereocenters. The lowest BCUT2D eigenvalue weighted by atomic mass is 10.1. The Bertz CT molecular complexity index is 1300. The lowest BCUT2D eigenvalue weighted by Crippen LogP contribution is -2.43. The van der Waals surface area contributed by atoms with Gasteiger partial charge in [-0.05, 0) is 52.3 Å². The molecule has 1 saturated heterocycles. The summed E-state index contributed by atoms with van der Waals surface area (Å²) in [6.07, 6.45) is -1.84. The summed E-state index contributed by atoms with van der Waals surface area (Å²) >= 11 is 0. The Balaban J connectivity index is 1.45. The first-order valence-electron chi connectivity index (χ1n) is 11.9. The lowest BCUT2D eigenvalue weighted by Gasteiger charge is -2.28. The number of ether oxygens (including phenoxy) is 2. The Morgan fingerprint density at radius 2 is 1.97 bits per heavy atom. The molecule has 1 N–H and O–H groups in total. The highest BCUT2D eigenvalue weighted by Gasteiger charge is 2.39. The van der Waals surface area contributed by atoms with Gasteiger partial charge in [0.05, 0.1) is 24.5 Å². The van der Waals surface area contributed by atoms with E-state index < -0.39 is 35.8 Å². The maximum atomic E-state index is 12.9.